The second kappa shape index (κ2) is 9.12. The molecule has 3 nitrogen and oxygen atoms in total. The minimum atomic E-state index is 0.519. The topological polar surface area (TPSA) is 24.5 Å². The molecule has 0 amide bonds. The van der Waals surface area contributed by atoms with Crippen molar-refractivity contribution in [2.24, 2.45) is 11.8 Å². The van der Waals surface area contributed by atoms with E-state index in [0.29, 0.717) is 6.10 Å². The van der Waals surface area contributed by atoms with Crippen LogP contribution in [0.2, 0.25) is 0 Å². The van der Waals surface area contributed by atoms with E-state index in [0.717, 1.165) is 24.5 Å². The highest BCUT2D eigenvalue weighted by atomic mass is 16.5. The number of likely N-dealkylation sites (tertiary alicyclic amines) is 1. The van der Waals surface area contributed by atoms with E-state index < -0.39 is 0 Å². The molecule has 0 bridgehead atoms. The van der Waals surface area contributed by atoms with Gasteiger partial charge in [-0.25, -0.2) is 0 Å². The van der Waals surface area contributed by atoms with Gasteiger partial charge in [0.15, 0.2) is 0 Å². The number of ether oxygens (including phenoxy) is 1. The molecule has 0 aromatic carbocycles. The molecule has 0 spiro atoms. The zero-order chi connectivity index (χ0) is 15.1. The lowest BCUT2D eigenvalue weighted by atomic mass is 9.76. The Labute approximate surface area is 131 Å². The van der Waals surface area contributed by atoms with Crippen LogP contribution in [-0.2, 0) is 4.74 Å². The van der Waals surface area contributed by atoms with Crippen molar-refractivity contribution in [1.29, 1.82) is 0 Å². The number of nitrogens with one attached hydrogen (secondary N) is 1. The van der Waals surface area contributed by atoms with Gasteiger partial charge in [-0.15, -0.1) is 0 Å². The van der Waals surface area contributed by atoms with Crippen LogP contribution in [0.1, 0.15) is 58.8 Å². The fourth-order valence-corrected chi connectivity index (χ4v) is 4.44. The Morgan fingerprint density at radius 2 is 1.86 bits per heavy atom. The van der Waals surface area contributed by atoms with Gasteiger partial charge in [-0.3, -0.25) is 0 Å². The van der Waals surface area contributed by atoms with E-state index in [1.807, 2.05) is 0 Å². The lowest BCUT2D eigenvalue weighted by molar-refractivity contribution is 0.00694. The largest absolute Gasteiger partial charge is 0.378 e. The van der Waals surface area contributed by atoms with Crippen molar-refractivity contribution < 1.29 is 4.74 Å². The molecule has 21 heavy (non-hydrogen) atoms. The zero-order valence-corrected chi connectivity index (χ0v) is 14.4. The number of hydrogen-bond donors (Lipinski definition) is 1. The first-order chi connectivity index (χ1) is 10.3. The van der Waals surface area contributed by atoms with Gasteiger partial charge in [-0.1, -0.05) is 19.8 Å². The predicted molar refractivity (Wildman–Crippen MR) is 89.7 cm³/mol. The molecule has 3 unspecified atom stereocenters. The second-order valence-corrected chi connectivity index (χ2v) is 7.08. The third-order valence-electron chi connectivity index (χ3n) is 5.59. The predicted octanol–water partition coefficient (Wildman–Crippen LogP) is 3.29. The maximum absolute atomic E-state index is 5.77. The summed E-state index contributed by atoms with van der Waals surface area (Å²) in [6, 6.07) is 0.739. The van der Waals surface area contributed by atoms with Gasteiger partial charge in [-0.2, -0.15) is 0 Å². The van der Waals surface area contributed by atoms with Gasteiger partial charge >= 0.3 is 0 Å². The molecular weight excluding hydrogens is 260 g/mol. The molecule has 1 heterocycles. The normalized spacial score (nSPS) is 32.4. The summed E-state index contributed by atoms with van der Waals surface area (Å²) < 4.78 is 5.77. The molecule has 3 heteroatoms. The molecule has 124 valence electrons. The highest BCUT2D eigenvalue weighted by Gasteiger charge is 2.31. The van der Waals surface area contributed by atoms with E-state index in [1.165, 1.54) is 64.6 Å². The highest BCUT2D eigenvalue weighted by molar-refractivity contribution is 4.87. The third-order valence-corrected chi connectivity index (χ3v) is 5.59. The van der Waals surface area contributed by atoms with Crippen molar-refractivity contribution >= 4 is 0 Å². The van der Waals surface area contributed by atoms with Gasteiger partial charge in [0.05, 0.1) is 6.10 Å². The van der Waals surface area contributed by atoms with Crippen molar-refractivity contribution in [1.82, 2.24) is 10.2 Å². The van der Waals surface area contributed by atoms with Gasteiger partial charge in [0.1, 0.15) is 0 Å². The summed E-state index contributed by atoms with van der Waals surface area (Å²) >= 11 is 0. The van der Waals surface area contributed by atoms with Crippen LogP contribution in [0.25, 0.3) is 0 Å². The van der Waals surface area contributed by atoms with Gasteiger partial charge in [0, 0.05) is 32.3 Å². The Morgan fingerprint density at radius 1 is 1.10 bits per heavy atom. The van der Waals surface area contributed by atoms with E-state index in [-0.39, 0.29) is 0 Å². The van der Waals surface area contributed by atoms with Crippen LogP contribution < -0.4 is 5.32 Å². The van der Waals surface area contributed by atoms with Crippen molar-refractivity contribution in [3.8, 4) is 0 Å². The number of piperidine rings is 1. The molecule has 2 rings (SSSR count). The molecule has 0 radical (unpaired) electrons. The first-order valence-corrected chi connectivity index (χ1v) is 9.28. The fraction of sp³-hybridized carbons (Fsp3) is 1.00. The molecule has 1 saturated heterocycles. The Hall–Kier alpha value is -0.120. The van der Waals surface area contributed by atoms with E-state index in [2.05, 4.69) is 31.1 Å². The van der Waals surface area contributed by atoms with Crippen LogP contribution in [0.15, 0.2) is 0 Å². The maximum atomic E-state index is 5.77. The molecule has 1 aliphatic carbocycles. The average Bonchev–Trinajstić information content (AvgIpc) is 2.50. The van der Waals surface area contributed by atoms with E-state index in [1.54, 1.807) is 0 Å². The SMILES string of the molecule is CCCC1CCC(NC)C(CN2CCC(OCC)CC2)C1. The first-order valence-electron chi connectivity index (χ1n) is 9.28. The molecule has 1 saturated carbocycles. The number of nitrogens with zero attached hydrogens (tertiary/aromatic N) is 1. The van der Waals surface area contributed by atoms with Gasteiger partial charge in [0.2, 0.25) is 0 Å². The summed E-state index contributed by atoms with van der Waals surface area (Å²) in [6.07, 6.45) is 9.99. The molecule has 2 fully saturated rings. The van der Waals surface area contributed by atoms with Crippen LogP contribution >= 0.6 is 0 Å². The molecule has 2 aliphatic rings. The third kappa shape index (κ3) is 5.22. The highest BCUT2D eigenvalue weighted by Crippen LogP contribution is 2.33. The number of rotatable bonds is 7. The second-order valence-electron chi connectivity index (χ2n) is 7.08. The minimum Gasteiger partial charge on any atom is -0.378 e. The Kier molecular flexibility index (Phi) is 7.48. The zero-order valence-electron chi connectivity index (χ0n) is 14.4. The van der Waals surface area contributed by atoms with Gasteiger partial charge in [0.25, 0.3) is 0 Å². The smallest absolute Gasteiger partial charge is 0.0599 e. The van der Waals surface area contributed by atoms with Crippen LogP contribution in [0.3, 0.4) is 0 Å². The monoisotopic (exact) mass is 296 g/mol. The number of hydrogen-bond acceptors (Lipinski definition) is 3. The van der Waals surface area contributed by atoms with Crippen LogP contribution in [0.4, 0.5) is 0 Å². The summed E-state index contributed by atoms with van der Waals surface area (Å²) in [4.78, 5) is 2.69. The van der Waals surface area contributed by atoms with Gasteiger partial charge < -0.3 is 15.0 Å². The van der Waals surface area contributed by atoms with Crippen LogP contribution in [0, 0.1) is 11.8 Å². The lowest BCUT2D eigenvalue weighted by Gasteiger charge is -2.40. The van der Waals surface area contributed by atoms with Crippen LogP contribution in [0.5, 0.6) is 0 Å². The Bertz CT molecular complexity index is 276. The van der Waals surface area contributed by atoms with E-state index in [4.69, 9.17) is 4.74 Å². The standard InChI is InChI=1S/C18H36N2O/c1-4-6-15-7-8-18(19-3)16(13-15)14-20-11-9-17(10-12-20)21-5-2/h15-19H,4-14H2,1-3H3. The van der Waals surface area contributed by atoms with E-state index >= 15 is 0 Å². The Balaban J connectivity index is 1.79. The summed E-state index contributed by atoms with van der Waals surface area (Å²) in [5.41, 5.74) is 0. The molecule has 1 N–H and O–H groups in total. The van der Waals surface area contributed by atoms with Crippen LogP contribution in [-0.4, -0.2) is 50.3 Å². The summed E-state index contributed by atoms with van der Waals surface area (Å²) in [5.74, 6) is 1.83. The maximum Gasteiger partial charge on any atom is 0.0599 e. The summed E-state index contributed by atoms with van der Waals surface area (Å²) in [5, 5.41) is 3.58. The quantitative estimate of drug-likeness (QED) is 0.780. The summed E-state index contributed by atoms with van der Waals surface area (Å²) in [7, 11) is 2.15. The van der Waals surface area contributed by atoms with Crippen molar-refractivity contribution in [3.05, 3.63) is 0 Å². The molecular formula is C18H36N2O. The van der Waals surface area contributed by atoms with Crippen molar-refractivity contribution in [2.45, 2.75) is 70.9 Å². The lowest BCUT2D eigenvalue weighted by Crippen LogP contribution is -2.47. The average molecular weight is 296 g/mol. The fourth-order valence-electron chi connectivity index (χ4n) is 4.44. The molecule has 0 aromatic heterocycles. The summed E-state index contributed by atoms with van der Waals surface area (Å²) in [6.45, 7) is 9.07. The van der Waals surface area contributed by atoms with E-state index in [9.17, 15) is 0 Å². The van der Waals surface area contributed by atoms with Crippen molar-refractivity contribution in [3.63, 3.8) is 0 Å². The minimum absolute atomic E-state index is 0.519. The first kappa shape index (κ1) is 17.2. The molecule has 3 atom stereocenters. The Morgan fingerprint density at radius 3 is 2.48 bits per heavy atom. The molecule has 1 aliphatic heterocycles. The van der Waals surface area contributed by atoms with Gasteiger partial charge in [-0.05, 0) is 57.9 Å². The van der Waals surface area contributed by atoms with Crippen molar-refractivity contribution in [2.75, 3.05) is 33.3 Å². The molecule has 0 aromatic rings.